The van der Waals surface area contributed by atoms with Crippen molar-refractivity contribution in [3.8, 4) is 17.2 Å². The van der Waals surface area contributed by atoms with Gasteiger partial charge in [0.1, 0.15) is 11.3 Å². The van der Waals surface area contributed by atoms with Crippen LogP contribution < -0.4 is 10.1 Å². The molecule has 0 aliphatic carbocycles. The van der Waals surface area contributed by atoms with Crippen LogP contribution in [0.3, 0.4) is 0 Å². The van der Waals surface area contributed by atoms with Crippen LogP contribution in [-0.2, 0) is 4.79 Å². The number of hydrogen-bond acceptors (Lipinski definition) is 4. The van der Waals surface area contributed by atoms with Crippen molar-refractivity contribution in [1.82, 2.24) is 4.98 Å². The summed E-state index contributed by atoms with van der Waals surface area (Å²) in [4.78, 5) is 17.4. The summed E-state index contributed by atoms with van der Waals surface area (Å²) in [6, 6.07) is 18.2. The first-order valence-electron chi connectivity index (χ1n) is 9.33. The molecule has 1 heterocycles. The van der Waals surface area contributed by atoms with E-state index in [0.29, 0.717) is 33.4 Å². The highest BCUT2D eigenvalue weighted by atomic mass is 127. The van der Waals surface area contributed by atoms with E-state index >= 15 is 0 Å². The van der Waals surface area contributed by atoms with Crippen molar-refractivity contribution in [2.24, 2.45) is 0 Å². The normalized spacial score (nSPS) is 11.5. The van der Waals surface area contributed by atoms with Gasteiger partial charge < -0.3 is 14.5 Å². The molecule has 158 valence electrons. The fourth-order valence-electron chi connectivity index (χ4n) is 2.91. The minimum Gasteiger partial charge on any atom is -0.478 e. The molecule has 5 nitrogen and oxygen atoms in total. The molecule has 8 heteroatoms. The van der Waals surface area contributed by atoms with E-state index in [1.54, 1.807) is 56.3 Å². The third kappa shape index (κ3) is 5.05. The second-order valence-corrected chi connectivity index (χ2v) is 9.88. The molecule has 4 rings (SSSR count). The molecular weight excluding hydrogens is 595 g/mol. The number of rotatable bonds is 5. The van der Waals surface area contributed by atoms with Gasteiger partial charge in [0, 0.05) is 18.8 Å². The minimum atomic E-state index is -1.09. The summed E-state index contributed by atoms with van der Waals surface area (Å²) in [5, 5.41) is 3.50. The third-order valence-corrected chi connectivity index (χ3v) is 6.15. The van der Waals surface area contributed by atoms with Gasteiger partial charge in [0.05, 0.1) is 5.56 Å². The first-order valence-corrected chi connectivity index (χ1v) is 11.6. The number of carbonyl (C=O) groups excluding carboxylic acids is 1. The largest absolute Gasteiger partial charge is 0.478 e. The van der Waals surface area contributed by atoms with Crippen molar-refractivity contribution < 1.29 is 13.9 Å². The molecule has 0 aliphatic rings. The maximum absolute atomic E-state index is 12.8. The van der Waals surface area contributed by atoms with Crippen molar-refractivity contribution in [3.63, 3.8) is 0 Å². The van der Waals surface area contributed by atoms with E-state index in [9.17, 15) is 4.79 Å². The van der Waals surface area contributed by atoms with E-state index < -0.39 is 5.60 Å². The van der Waals surface area contributed by atoms with E-state index in [2.05, 4.69) is 48.8 Å². The number of nitrogens with zero attached hydrogens (tertiary/aromatic N) is 1. The van der Waals surface area contributed by atoms with Crippen LogP contribution in [0.2, 0.25) is 5.02 Å². The van der Waals surface area contributed by atoms with Crippen LogP contribution in [0, 0.1) is 3.57 Å². The predicted molar refractivity (Wildman–Crippen MR) is 135 cm³/mol. The fraction of sp³-hybridized carbons (Fsp3) is 0.130. The lowest BCUT2D eigenvalue weighted by molar-refractivity contribution is -0.128. The number of ether oxygens (including phenoxy) is 1. The van der Waals surface area contributed by atoms with Crippen molar-refractivity contribution in [2.75, 3.05) is 5.32 Å². The van der Waals surface area contributed by atoms with Gasteiger partial charge in [-0.15, -0.1) is 0 Å². The lowest BCUT2D eigenvalue weighted by Crippen LogP contribution is -2.42. The van der Waals surface area contributed by atoms with Gasteiger partial charge >= 0.3 is 0 Å². The summed E-state index contributed by atoms with van der Waals surface area (Å²) in [6.45, 7) is 3.41. The zero-order chi connectivity index (χ0) is 22.2. The molecule has 0 atom stereocenters. The Balaban J connectivity index is 1.55. The Labute approximate surface area is 206 Å². The third-order valence-electron chi connectivity index (χ3n) is 4.54. The Morgan fingerprint density at radius 3 is 2.61 bits per heavy atom. The molecule has 1 aromatic heterocycles. The summed E-state index contributed by atoms with van der Waals surface area (Å²) in [5.41, 5.74) is 1.66. The van der Waals surface area contributed by atoms with Gasteiger partial charge in [0.15, 0.2) is 11.2 Å². The summed E-state index contributed by atoms with van der Waals surface area (Å²) in [5.74, 6) is 0.783. The topological polar surface area (TPSA) is 64.4 Å². The average Bonchev–Trinajstić information content (AvgIpc) is 3.14. The molecule has 3 aromatic carbocycles. The van der Waals surface area contributed by atoms with Gasteiger partial charge in [0.2, 0.25) is 5.89 Å². The molecule has 31 heavy (non-hydrogen) atoms. The highest BCUT2D eigenvalue weighted by Gasteiger charge is 2.30. The first-order chi connectivity index (χ1) is 14.7. The number of benzene rings is 3. The molecule has 0 aliphatic heterocycles. The van der Waals surface area contributed by atoms with Gasteiger partial charge in [-0.2, -0.15) is 0 Å². The molecule has 4 aromatic rings. The quantitative estimate of drug-likeness (QED) is 0.241. The van der Waals surface area contributed by atoms with Gasteiger partial charge in [-0.25, -0.2) is 4.98 Å². The Hall–Kier alpha value is -2.10. The number of aromatic nitrogens is 1. The van der Waals surface area contributed by atoms with Crippen LogP contribution in [0.4, 0.5) is 5.69 Å². The number of anilines is 1. The highest BCUT2D eigenvalue weighted by molar-refractivity contribution is 14.1. The lowest BCUT2D eigenvalue weighted by atomic mass is 10.1. The molecule has 0 bridgehead atoms. The number of fused-ring (bicyclic) bond motifs is 1. The monoisotopic (exact) mass is 610 g/mol. The van der Waals surface area contributed by atoms with Crippen LogP contribution in [0.15, 0.2) is 69.6 Å². The summed E-state index contributed by atoms with van der Waals surface area (Å²) >= 11 is 11.7. The summed E-state index contributed by atoms with van der Waals surface area (Å²) in [7, 11) is 0. The molecular formula is C23H17BrClIN2O3. The fourth-order valence-corrected chi connectivity index (χ4v) is 3.94. The van der Waals surface area contributed by atoms with Crippen LogP contribution in [0.25, 0.3) is 22.6 Å². The first kappa shape index (κ1) is 22.1. The number of nitrogens with one attached hydrogen (secondary N) is 1. The number of oxazole rings is 1. The molecule has 1 N–H and O–H groups in total. The van der Waals surface area contributed by atoms with Crippen LogP contribution in [0.1, 0.15) is 13.8 Å². The van der Waals surface area contributed by atoms with E-state index in [-0.39, 0.29) is 5.91 Å². The number of halogens is 3. The van der Waals surface area contributed by atoms with E-state index in [0.717, 1.165) is 13.6 Å². The van der Waals surface area contributed by atoms with Gasteiger partial charge in [0.25, 0.3) is 5.91 Å². The van der Waals surface area contributed by atoms with Crippen molar-refractivity contribution in [2.45, 2.75) is 19.4 Å². The van der Waals surface area contributed by atoms with Crippen LogP contribution in [0.5, 0.6) is 5.75 Å². The van der Waals surface area contributed by atoms with Crippen LogP contribution >= 0.6 is 50.1 Å². The van der Waals surface area contributed by atoms with Gasteiger partial charge in [-0.1, -0.05) is 11.6 Å². The Morgan fingerprint density at radius 2 is 1.87 bits per heavy atom. The van der Waals surface area contributed by atoms with E-state index in [4.69, 9.17) is 20.8 Å². The maximum atomic E-state index is 12.8. The average molecular weight is 612 g/mol. The summed E-state index contributed by atoms with van der Waals surface area (Å²) in [6.07, 6.45) is 0. The lowest BCUT2D eigenvalue weighted by Gasteiger charge is -2.25. The smallest absolute Gasteiger partial charge is 0.267 e. The molecule has 0 unspecified atom stereocenters. The molecule has 0 saturated heterocycles. The minimum absolute atomic E-state index is 0.286. The highest BCUT2D eigenvalue weighted by Crippen LogP contribution is 2.32. The number of hydrogen-bond donors (Lipinski definition) is 1. The molecule has 0 fully saturated rings. The Kier molecular flexibility index (Phi) is 6.27. The maximum Gasteiger partial charge on any atom is 0.267 e. The molecule has 1 amide bonds. The SMILES string of the molecule is CC(C)(Oc1ccc(Cl)cc1)C(=O)Nc1ccc2oc(-c3cc(I)ccc3Br)nc2c1. The second kappa shape index (κ2) is 8.80. The second-order valence-electron chi connectivity index (χ2n) is 7.35. The molecule has 0 radical (unpaired) electrons. The zero-order valence-electron chi connectivity index (χ0n) is 16.6. The van der Waals surface area contributed by atoms with Crippen molar-refractivity contribution in [3.05, 3.63) is 73.7 Å². The Morgan fingerprint density at radius 1 is 1.13 bits per heavy atom. The molecule has 0 spiro atoms. The molecule has 0 saturated carbocycles. The van der Waals surface area contributed by atoms with Gasteiger partial charge in [-0.05, 0) is 113 Å². The van der Waals surface area contributed by atoms with E-state index in [1.165, 1.54) is 0 Å². The summed E-state index contributed by atoms with van der Waals surface area (Å²) < 4.78 is 13.7. The zero-order valence-corrected chi connectivity index (χ0v) is 21.1. The van der Waals surface area contributed by atoms with Crippen LogP contribution in [-0.4, -0.2) is 16.5 Å². The van der Waals surface area contributed by atoms with E-state index in [1.807, 2.05) is 18.2 Å². The Bertz CT molecular complexity index is 1270. The predicted octanol–water partition coefficient (Wildman–Crippen LogP) is 7.31. The van der Waals surface area contributed by atoms with Gasteiger partial charge in [-0.3, -0.25) is 4.79 Å². The van der Waals surface area contributed by atoms with Crippen molar-refractivity contribution >= 4 is 72.8 Å². The number of amides is 1. The van der Waals surface area contributed by atoms with Crippen molar-refractivity contribution in [1.29, 1.82) is 0 Å². The standard InChI is InChI=1S/C23H17BrClIN2O3/c1-23(2,31-16-7-3-13(25)4-8-16)22(29)27-15-6-10-20-19(12-15)28-21(30-20)17-11-14(26)5-9-18(17)24/h3-12H,1-2H3,(H,27,29). The number of carbonyl (C=O) groups is 1.